The van der Waals surface area contributed by atoms with Crippen molar-refractivity contribution in [3.63, 3.8) is 0 Å². The molecule has 1 N–H and O–H groups in total. The van der Waals surface area contributed by atoms with Crippen molar-refractivity contribution >= 4 is 28.4 Å². The molecule has 2 aromatic carbocycles. The molecule has 0 bridgehead atoms. The molecule has 1 unspecified atom stereocenters. The lowest BCUT2D eigenvalue weighted by atomic mass is 10.1. The Morgan fingerprint density at radius 3 is 2.68 bits per heavy atom. The smallest absolute Gasteiger partial charge is 0.228 e. The first-order valence-electron chi connectivity index (χ1n) is 9.31. The summed E-state index contributed by atoms with van der Waals surface area (Å²) in [7, 11) is 3.39. The lowest BCUT2D eigenvalue weighted by molar-refractivity contribution is -0.135. The Labute approximate surface area is 163 Å². The van der Waals surface area contributed by atoms with E-state index in [1.807, 2.05) is 48.5 Å². The Morgan fingerprint density at radius 1 is 1.21 bits per heavy atom. The summed E-state index contributed by atoms with van der Waals surface area (Å²) in [6.07, 6.45) is 0.238. The van der Waals surface area contributed by atoms with Crippen molar-refractivity contribution in [3.05, 3.63) is 60.3 Å². The third-order valence-electron chi connectivity index (χ3n) is 5.23. The molecular weight excluding hydrogens is 354 g/mol. The molecule has 0 radical (unpaired) electrons. The molecule has 144 valence electrons. The highest BCUT2D eigenvalue weighted by atomic mass is 16.5. The summed E-state index contributed by atoms with van der Waals surface area (Å²) in [5.41, 5.74) is 2.83. The van der Waals surface area contributed by atoms with Crippen molar-refractivity contribution in [2.45, 2.75) is 13.0 Å². The van der Waals surface area contributed by atoms with E-state index in [9.17, 15) is 9.59 Å². The van der Waals surface area contributed by atoms with Gasteiger partial charge in [-0.3, -0.25) is 9.59 Å². The number of anilines is 1. The van der Waals surface area contributed by atoms with Crippen LogP contribution in [-0.4, -0.2) is 42.4 Å². The van der Waals surface area contributed by atoms with Crippen LogP contribution in [0.3, 0.4) is 0 Å². The molecule has 6 heteroatoms. The third kappa shape index (κ3) is 3.45. The summed E-state index contributed by atoms with van der Waals surface area (Å²) >= 11 is 0. The number of methoxy groups -OCH3 is 1. The minimum atomic E-state index is -0.330. The lowest BCUT2D eigenvalue weighted by Crippen LogP contribution is -2.34. The number of rotatable bonds is 5. The Bertz CT molecular complexity index is 976. The molecular formula is C22H23N3O3. The van der Waals surface area contributed by atoms with Gasteiger partial charge >= 0.3 is 0 Å². The molecule has 28 heavy (non-hydrogen) atoms. The SMILES string of the molecule is COc1ccc(N2CC(C(=O)N(C)Cc3cc4ccccc4[nH]3)CC2=O)cc1. The number of aromatic nitrogens is 1. The number of hydrogen-bond acceptors (Lipinski definition) is 3. The van der Waals surface area contributed by atoms with Crippen molar-refractivity contribution in [2.75, 3.05) is 25.6 Å². The predicted octanol–water partition coefficient (Wildman–Crippen LogP) is 3.19. The number of aromatic amines is 1. The van der Waals surface area contributed by atoms with Crippen LogP contribution in [0.25, 0.3) is 10.9 Å². The molecule has 0 saturated carbocycles. The van der Waals surface area contributed by atoms with Gasteiger partial charge in [-0.25, -0.2) is 0 Å². The highest BCUT2D eigenvalue weighted by Crippen LogP contribution is 2.28. The fourth-order valence-electron chi connectivity index (χ4n) is 3.75. The molecule has 1 aliphatic rings. The van der Waals surface area contributed by atoms with E-state index in [2.05, 4.69) is 11.1 Å². The average Bonchev–Trinajstić information content (AvgIpc) is 3.30. The highest BCUT2D eigenvalue weighted by Gasteiger charge is 2.36. The Balaban J connectivity index is 1.43. The fourth-order valence-corrected chi connectivity index (χ4v) is 3.75. The number of ether oxygens (including phenoxy) is 1. The average molecular weight is 377 g/mol. The first-order chi connectivity index (χ1) is 13.5. The molecule has 1 saturated heterocycles. The van der Waals surface area contributed by atoms with Crippen LogP contribution in [0, 0.1) is 5.92 Å². The molecule has 6 nitrogen and oxygen atoms in total. The number of H-pyrrole nitrogens is 1. The van der Waals surface area contributed by atoms with Crippen molar-refractivity contribution in [2.24, 2.45) is 5.92 Å². The van der Waals surface area contributed by atoms with Crippen LogP contribution in [0.15, 0.2) is 54.6 Å². The van der Waals surface area contributed by atoms with Gasteiger partial charge in [-0.2, -0.15) is 0 Å². The summed E-state index contributed by atoms with van der Waals surface area (Å²) in [6.45, 7) is 0.891. The molecule has 1 atom stereocenters. The summed E-state index contributed by atoms with van der Waals surface area (Å²) in [6, 6.07) is 17.4. The molecule has 1 fully saturated rings. The fraction of sp³-hybridized carbons (Fsp3) is 0.273. The number of nitrogens with one attached hydrogen (secondary N) is 1. The second-order valence-electron chi connectivity index (χ2n) is 7.18. The minimum Gasteiger partial charge on any atom is -0.497 e. The molecule has 0 spiro atoms. The van der Waals surface area contributed by atoms with Crippen LogP contribution in [0.4, 0.5) is 5.69 Å². The summed E-state index contributed by atoms with van der Waals surface area (Å²) in [5.74, 6) is 0.371. The maximum atomic E-state index is 12.9. The van der Waals surface area contributed by atoms with E-state index in [0.717, 1.165) is 28.0 Å². The van der Waals surface area contributed by atoms with Crippen molar-refractivity contribution < 1.29 is 14.3 Å². The van der Waals surface area contributed by atoms with Gasteiger partial charge in [-0.15, -0.1) is 0 Å². The number of hydrogen-bond donors (Lipinski definition) is 1. The van der Waals surface area contributed by atoms with Crippen LogP contribution in [0.5, 0.6) is 5.75 Å². The quantitative estimate of drug-likeness (QED) is 0.743. The van der Waals surface area contributed by atoms with E-state index in [1.54, 1.807) is 24.0 Å². The van der Waals surface area contributed by atoms with E-state index in [-0.39, 0.29) is 24.2 Å². The second-order valence-corrected chi connectivity index (χ2v) is 7.18. The van der Waals surface area contributed by atoms with Gasteiger partial charge in [0.15, 0.2) is 0 Å². The van der Waals surface area contributed by atoms with Gasteiger partial charge in [0.05, 0.1) is 19.6 Å². The molecule has 1 aliphatic heterocycles. The zero-order valence-electron chi connectivity index (χ0n) is 16.0. The Morgan fingerprint density at radius 2 is 1.96 bits per heavy atom. The topological polar surface area (TPSA) is 65.6 Å². The first-order valence-corrected chi connectivity index (χ1v) is 9.31. The van der Waals surface area contributed by atoms with Gasteiger partial charge in [-0.1, -0.05) is 18.2 Å². The molecule has 3 aromatic rings. The summed E-state index contributed by atoms with van der Waals surface area (Å²) < 4.78 is 5.16. The molecule has 4 rings (SSSR count). The number of carbonyl (C=O) groups excluding carboxylic acids is 2. The predicted molar refractivity (Wildman–Crippen MR) is 108 cm³/mol. The van der Waals surface area contributed by atoms with Gasteiger partial charge < -0.3 is 19.5 Å². The van der Waals surface area contributed by atoms with Crippen molar-refractivity contribution in [3.8, 4) is 5.75 Å². The van der Waals surface area contributed by atoms with Crippen LogP contribution in [0.2, 0.25) is 0 Å². The highest BCUT2D eigenvalue weighted by molar-refractivity contribution is 6.00. The zero-order valence-corrected chi connectivity index (χ0v) is 16.0. The van der Waals surface area contributed by atoms with Gasteiger partial charge in [-0.05, 0) is 41.8 Å². The molecule has 2 heterocycles. The number of nitrogens with zero attached hydrogens (tertiary/aromatic N) is 2. The van der Waals surface area contributed by atoms with Gasteiger partial charge in [0.1, 0.15) is 5.75 Å². The Hall–Kier alpha value is -3.28. The van der Waals surface area contributed by atoms with Gasteiger partial charge in [0.2, 0.25) is 11.8 Å². The minimum absolute atomic E-state index is 0.0111. The lowest BCUT2D eigenvalue weighted by Gasteiger charge is -2.21. The monoisotopic (exact) mass is 377 g/mol. The second kappa shape index (κ2) is 7.38. The largest absolute Gasteiger partial charge is 0.497 e. The number of fused-ring (bicyclic) bond motifs is 1. The molecule has 2 amide bonds. The number of benzene rings is 2. The third-order valence-corrected chi connectivity index (χ3v) is 5.23. The number of amides is 2. The maximum Gasteiger partial charge on any atom is 0.228 e. The van der Waals surface area contributed by atoms with Crippen molar-refractivity contribution in [1.29, 1.82) is 0 Å². The number of carbonyl (C=O) groups is 2. The molecule has 0 aliphatic carbocycles. The van der Waals surface area contributed by atoms with Crippen LogP contribution in [0.1, 0.15) is 12.1 Å². The number of para-hydroxylation sites is 1. The summed E-state index contributed by atoms with van der Waals surface area (Å²) in [4.78, 5) is 32.1. The van der Waals surface area contributed by atoms with E-state index in [1.165, 1.54) is 0 Å². The van der Waals surface area contributed by atoms with E-state index in [4.69, 9.17) is 4.74 Å². The van der Waals surface area contributed by atoms with Crippen LogP contribution < -0.4 is 9.64 Å². The zero-order chi connectivity index (χ0) is 19.7. The van der Waals surface area contributed by atoms with Crippen molar-refractivity contribution in [1.82, 2.24) is 9.88 Å². The van der Waals surface area contributed by atoms with Crippen LogP contribution in [-0.2, 0) is 16.1 Å². The van der Waals surface area contributed by atoms with Crippen LogP contribution >= 0.6 is 0 Å². The van der Waals surface area contributed by atoms with Gasteiger partial charge in [0, 0.05) is 36.9 Å². The van der Waals surface area contributed by atoms with Gasteiger partial charge in [0.25, 0.3) is 0 Å². The Kier molecular flexibility index (Phi) is 4.77. The standard InChI is InChI=1S/C22H23N3O3/c1-24(14-17-11-15-5-3-4-6-20(15)23-17)22(27)16-12-21(26)25(13-16)18-7-9-19(28-2)10-8-18/h3-11,16,23H,12-14H2,1-2H3. The van der Waals surface area contributed by atoms with E-state index < -0.39 is 0 Å². The first kappa shape index (κ1) is 18.1. The van der Waals surface area contributed by atoms with E-state index >= 15 is 0 Å². The molecule has 1 aromatic heterocycles. The van der Waals surface area contributed by atoms with E-state index in [0.29, 0.717) is 13.1 Å². The normalized spacial score (nSPS) is 16.6. The summed E-state index contributed by atoms with van der Waals surface area (Å²) in [5, 5.41) is 1.13. The maximum absolute atomic E-state index is 12.9.